The lowest BCUT2D eigenvalue weighted by Crippen LogP contribution is -2.18. The summed E-state index contributed by atoms with van der Waals surface area (Å²) in [5.41, 5.74) is -0.663. The topological polar surface area (TPSA) is 101 Å². The summed E-state index contributed by atoms with van der Waals surface area (Å²) in [6.07, 6.45) is -2.40. The molecule has 0 unspecified atom stereocenters. The van der Waals surface area contributed by atoms with Crippen LogP contribution in [0.1, 0.15) is 15.9 Å². The maximum atomic E-state index is 13.2. The third-order valence-electron chi connectivity index (χ3n) is 4.62. The van der Waals surface area contributed by atoms with Crippen LogP contribution in [0.15, 0.2) is 71.3 Å². The van der Waals surface area contributed by atoms with Crippen LogP contribution in [-0.2, 0) is 16.2 Å². The van der Waals surface area contributed by atoms with Gasteiger partial charge in [-0.2, -0.15) is 13.2 Å². The van der Waals surface area contributed by atoms with E-state index in [-0.39, 0.29) is 16.9 Å². The quantitative estimate of drug-likeness (QED) is 0.416. The Hall–Kier alpha value is -3.86. The Morgan fingerprint density at radius 2 is 1.76 bits per heavy atom. The number of aromatic nitrogens is 1. The summed E-state index contributed by atoms with van der Waals surface area (Å²) in [6, 6.07) is 13.8. The highest BCUT2D eigenvalue weighted by Crippen LogP contribution is 2.35. The Bertz CT molecular complexity index is 1450. The number of nitrogens with one attached hydrogen (secondary N) is 2. The standard InChI is InChI=1S/C22H16F3N3O4S/c1-33(30,31)28-17-9-8-13(22(23,24)25)11-18(17)27-21(29)15-12-19(20-7-4-10-32-20)26-16-6-3-2-5-14(15)16/h2-12,28H,1H3,(H,27,29). The Labute approximate surface area is 186 Å². The van der Waals surface area contributed by atoms with Gasteiger partial charge >= 0.3 is 6.18 Å². The number of carbonyl (C=O) groups is 1. The highest BCUT2D eigenvalue weighted by atomic mass is 32.2. The third kappa shape index (κ3) is 4.98. The average molecular weight is 475 g/mol. The van der Waals surface area contributed by atoms with Gasteiger partial charge in [0.25, 0.3) is 5.91 Å². The predicted octanol–water partition coefficient (Wildman–Crippen LogP) is 5.14. The summed E-state index contributed by atoms with van der Waals surface area (Å²) < 4.78 is 70.6. The Morgan fingerprint density at radius 1 is 1.00 bits per heavy atom. The number of para-hydroxylation sites is 1. The second kappa shape index (κ2) is 8.24. The van der Waals surface area contributed by atoms with Gasteiger partial charge in [-0.05, 0) is 42.5 Å². The molecule has 1 amide bonds. The molecular formula is C22H16F3N3O4S. The van der Waals surface area contributed by atoms with Crippen molar-refractivity contribution in [2.75, 3.05) is 16.3 Å². The van der Waals surface area contributed by atoms with Gasteiger partial charge in [-0.1, -0.05) is 18.2 Å². The van der Waals surface area contributed by atoms with Crippen LogP contribution in [0.2, 0.25) is 0 Å². The molecule has 0 saturated carbocycles. The van der Waals surface area contributed by atoms with Gasteiger partial charge in [0.2, 0.25) is 10.0 Å². The Morgan fingerprint density at radius 3 is 2.42 bits per heavy atom. The first-order valence-electron chi connectivity index (χ1n) is 9.45. The molecule has 33 heavy (non-hydrogen) atoms. The smallest absolute Gasteiger partial charge is 0.416 e. The number of fused-ring (bicyclic) bond motifs is 1. The fraction of sp³-hybridized carbons (Fsp3) is 0.0909. The van der Waals surface area contributed by atoms with Gasteiger partial charge in [0.15, 0.2) is 5.76 Å². The fourth-order valence-electron chi connectivity index (χ4n) is 3.22. The lowest BCUT2D eigenvalue weighted by molar-refractivity contribution is -0.137. The summed E-state index contributed by atoms with van der Waals surface area (Å²) in [4.78, 5) is 17.7. The SMILES string of the molecule is CS(=O)(=O)Nc1ccc(C(F)(F)F)cc1NC(=O)c1cc(-c2ccco2)nc2ccccc12. The van der Waals surface area contributed by atoms with Gasteiger partial charge in [0, 0.05) is 5.39 Å². The zero-order valence-electron chi connectivity index (χ0n) is 17.0. The van der Waals surface area contributed by atoms with Gasteiger partial charge in [-0.25, -0.2) is 13.4 Å². The molecule has 170 valence electrons. The number of benzene rings is 2. The minimum Gasteiger partial charge on any atom is -0.463 e. The number of furan rings is 1. The Kier molecular flexibility index (Phi) is 5.58. The molecule has 0 atom stereocenters. The maximum absolute atomic E-state index is 13.2. The van der Waals surface area contributed by atoms with E-state index < -0.39 is 27.7 Å². The van der Waals surface area contributed by atoms with Crippen LogP contribution in [0.4, 0.5) is 24.5 Å². The van der Waals surface area contributed by atoms with E-state index in [0.29, 0.717) is 28.4 Å². The molecule has 0 aliphatic carbocycles. The normalized spacial score (nSPS) is 12.0. The number of nitrogens with zero attached hydrogens (tertiary/aromatic N) is 1. The molecule has 0 aliphatic rings. The molecule has 0 radical (unpaired) electrons. The first-order chi connectivity index (χ1) is 15.5. The van der Waals surface area contributed by atoms with E-state index in [0.717, 1.165) is 18.4 Å². The number of hydrogen-bond donors (Lipinski definition) is 2. The van der Waals surface area contributed by atoms with Crippen LogP contribution < -0.4 is 10.0 Å². The van der Waals surface area contributed by atoms with Gasteiger partial charge in [-0.15, -0.1) is 0 Å². The van der Waals surface area contributed by atoms with Crippen molar-refractivity contribution in [1.29, 1.82) is 0 Å². The van der Waals surface area contributed by atoms with Gasteiger partial charge in [0.1, 0.15) is 5.69 Å². The largest absolute Gasteiger partial charge is 0.463 e. The molecule has 2 aromatic carbocycles. The molecule has 0 bridgehead atoms. The van der Waals surface area contributed by atoms with Crippen molar-refractivity contribution in [3.8, 4) is 11.5 Å². The highest BCUT2D eigenvalue weighted by molar-refractivity contribution is 7.92. The molecule has 7 nitrogen and oxygen atoms in total. The molecule has 4 aromatic rings. The van der Waals surface area contributed by atoms with Crippen molar-refractivity contribution in [1.82, 2.24) is 4.98 Å². The third-order valence-corrected chi connectivity index (χ3v) is 5.22. The summed E-state index contributed by atoms with van der Waals surface area (Å²) in [6.45, 7) is 0. The molecule has 2 N–H and O–H groups in total. The van der Waals surface area contributed by atoms with E-state index in [1.165, 1.54) is 12.3 Å². The van der Waals surface area contributed by atoms with E-state index in [2.05, 4.69) is 15.0 Å². The Balaban J connectivity index is 1.81. The van der Waals surface area contributed by atoms with Crippen LogP contribution in [-0.4, -0.2) is 25.6 Å². The zero-order chi connectivity index (χ0) is 23.8. The van der Waals surface area contributed by atoms with Crippen molar-refractivity contribution in [3.05, 3.63) is 78.1 Å². The number of hydrogen-bond acceptors (Lipinski definition) is 5. The van der Waals surface area contributed by atoms with Gasteiger partial charge in [-0.3, -0.25) is 9.52 Å². The lowest BCUT2D eigenvalue weighted by Gasteiger charge is -2.16. The summed E-state index contributed by atoms with van der Waals surface area (Å²) in [5.74, 6) is -0.356. The molecular weight excluding hydrogens is 459 g/mol. The van der Waals surface area contributed by atoms with Crippen molar-refractivity contribution in [2.45, 2.75) is 6.18 Å². The number of alkyl halides is 3. The first kappa shape index (κ1) is 22.3. The molecule has 4 rings (SSSR count). The number of sulfonamides is 1. The average Bonchev–Trinajstić information content (AvgIpc) is 3.27. The van der Waals surface area contributed by atoms with Crippen LogP contribution in [0.5, 0.6) is 0 Å². The van der Waals surface area contributed by atoms with E-state index in [4.69, 9.17) is 4.42 Å². The van der Waals surface area contributed by atoms with Crippen molar-refractivity contribution in [3.63, 3.8) is 0 Å². The maximum Gasteiger partial charge on any atom is 0.416 e. The van der Waals surface area contributed by atoms with Crippen molar-refractivity contribution in [2.24, 2.45) is 0 Å². The number of anilines is 2. The molecule has 11 heteroatoms. The monoisotopic (exact) mass is 475 g/mol. The van der Waals surface area contributed by atoms with Crippen LogP contribution in [0.3, 0.4) is 0 Å². The van der Waals surface area contributed by atoms with E-state index in [1.807, 2.05) is 0 Å². The van der Waals surface area contributed by atoms with E-state index in [1.54, 1.807) is 36.4 Å². The van der Waals surface area contributed by atoms with E-state index in [9.17, 15) is 26.4 Å². The molecule has 2 heterocycles. The predicted molar refractivity (Wildman–Crippen MR) is 117 cm³/mol. The summed E-state index contributed by atoms with van der Waals surface area (Å²) in [7, 11) is -3.82. The second-order valence-corrected chi connectivity index (χ2v) is 8.88. The number of rotatable bonds is 5. The van der Waals surface area contributed by atoms with Gasteiger partial charge in [0.05, 0.1) is 40.5 Å². The van der Waals surface area contributed by atoms with Crippen molar-refractivity contribution >= 4 is 38.2 Å². The first-order valence-corrected chi connectivity index (χ1v) is 11.3. The van der Waals surface area contributed by atoms with Crippen molar-refractivity contribution < 1.29 is 30.8 Å². The molecule has 0 fully saturated rings. The minimum absolute atomic E-state index is 0.120. The molecule has 0 saturated heterocycles. The van der Waals surface area contributed by atoms with Crippen LogP contribution in [0, 0.1) is 0 Å². The highest BCUT2D eigenvalue weighted by Gasteiger charge is 2.31. The number of halogens is 3. The number of carbonyl (C=O) groups excluding carboxylic acids is 1. The minimum atomic E-state index is -4.70. The fourth-order valence-corrected chi connectivity index (χ4v) is 3.79. The van der Waals surface area contributed by atoms with E-state index >= 15 is 0 Å². The number of pyridine rings is 1. The van der Waals surface area contributed by atoms with Gasteiger partial charge < -0.3 is 9.73 Å². The van der Waals surface area contributed by atoms with Crippen LogP contribution in [0.25, 0.3) is 22.4 Å². The lowest BCUT2D eigenvalue weighted by atomic mass is 10.1. The molecule has 0 aliphatic heterocycles. The van der Waals surface area contributed by atoms with Crippen LogP contribution >= 0.6 is 0 Å². The molecule has 2 aromatic heterocycles. The molecule has 0 spiro atoms. The summed E-state index contributed by atoms with van der Waals surface area (Å²) >= 11 is 0. The number of amides is 1. The second-order valence-electron chi connectivity index (χ2n) is 7.14. The zero-order valence-corrected chi connectivity index (χ0v) is 17.8. The summed E-state index contributed by atoms with van der Waals surface area (Å²) in [5, 5.41) is 2.86.